The average Bonchev–Trinajstić information content (AvgIpc) is 2.50. The number of aromatic nitrogens is 2. The molecular formula is C15H17N3O4. The van der Waals surface area contributed by atoms with Crippen LogP contribution in [0.4, 0.5) is 0 Å². The Morgan fingerprint density at radius 3 is 2.86 bits per heavy atom. The van der Waals surface area contributed by atoms with Crippen LogP contribution in [-0.4, -0.2) is 35.1 Å². The first kappa shape index (κ1) is 15.7. The van der Waals surface area contributed by atoms with E-state index >= 15 is 0 Å². The van der Waals surface area contributed by atoms with Gasteiger partial charge in [0.15, 0.2) is 0 Å². The zero-order valence-corrected chi connectivity index (χ0v) is 12.5. The highest BCUT2D eigenvalue weighted by atomic mass is 16.5. The van der Waals surface area contributed by atoms with Crippen LogP contribution in [0.3, 0.4) is 0 Å². The van der Waals surface area contributed by atoms with E-state index in [1.165, 1.54) is 18.0 Å². The first-order chi connectivity index (χ1) is 10.5. The highest BCUT2D eigenvalue weighted by Crippen LogP contribution is 2.10. The van der Waals surface area contributed by atoms with E-state index < -0.39 is 5.97 Å². The van der Waals surface area contributed by atoms with Gasteiger partial charge in [-0.15, -0.1) is 0 Å². The number of carbonyl (C=O) groups excluding carboxylic acids is 2. The minimum Gasteiger partial charge on any atom is -0.469 e. The van der Waals surface area contributed by atoms with Gasteiger partial charge in [0.25, 0.3) is 5.56 Å². The van der Waals surface area contributed by atoms with Crippen molar-refractivity contribution >= 4 is 22.8 Å². The van der Waals surface area contributed by atoms with E-state index in [4.69, 9.17) is 0 Å². The Balaban J connectivity index is 2.09. The Bertz CT molecular complexity index is 767. The van der Waals surface area contributed by atoms with Crippen molar-refractivity contribution in [1.29, 1.82) is 0 Å². The third-order valence-corrected chi connectivity index (χ3v) is 3.25. The highest BCUT2D eigenvalue weighted by molar-refractivity contribution is 5.81. The molecule has 116 valence electrons. The third kappa shape index (κ3) is 3.49. The van der Waals surface area contributed by atoms with E-state index in [0.29, 0.717) is 10.9 Å². The number of fused-ring (bicyclic) bond motifs is 1. The van der Waals surface area contributed by atoms with Crippen LogP contribution in [0.1, 0.15) is 12.0 Å². The molecule has 1 amide bonds. The first-order valence-electron chi connectivity index (χ1n) is 6.81. The first-order valence-corrected chi connectivity index (χ1v) is 6.81. The summed E-state index contributed by atoms with van der Waals surface area (Å²) in [6.07, 6.45) is 1.45. The van der Waals surface area contributed by atoms with Crippen LogP contribution in [0.5, 0.6) is 0 Å². The van der Waals surface area contributed by atoms with Gasteiger partial charge in [-0.25, -0.2) is 4.98 Å². The van der Waals surface area contributed by atoms with Crippen LogP contribution in [0.25, 0.3) is 10.9 Å². The summed E-state index contributed by atoms with van der Waals surface area (Å²) in [7, 11) is 1.28. The lowest BCUT2D eigenvalue weighted by atomic mass is 10.1. The van der Waals surface area contributed by atoms with Gasteiger partial charge < -0.3 is 10.1 Å². The van der Waals surface area contributed by atoms with Crippen molar-refractivity contribution in [1.82, 2.24) is 14.9 Å². The van der Waals surface area contributed by atoms with Gasteiger partial charge in [-0.2, -0.15) is 0 Å². The van der Waals surface area contributed by atoms with E-state index in [-0.39, 0.29) is 31.0 Å². The fourth-order valence-corrected chi connectivity index (χ4v) is 2.07. The monoisotopic (exact) mass is 303 g/mol. The Morgan fingerprint density at radius 2 is 2.14 bits per heavy atom. The van der Waals surface area contributed by atoms with Crippen molar-refractivity contribution in [3.05, 3.63) is 40.4 Å². The van der Waals surface area contributed by atoms with Crippen LogP contribution in [0.2, 0.25) is 0 Å². The summed E-state index contributed by atoms with van der Waals surface area (Å²) in [5.74, 6) is -0.764. The zero-order chi connectivity index (χ0) is 16.1. The lowest BCUT2D eigenvalue weighted by Gasteiger charge is -2.08. The summed E-state index contributed by atoms with van der Waals surface area (Å²) < 4.78 is 5.72. The maximum Gasteiger partial charge on any atom is 0.307 e. The predicted octanol–water partition coefficient (Wildman–Crippen LogP) is 0.384. The molecule has 1 aromatic heterocycles. The van der Waals surface area contributed by atoms with Crippen LogP contribution in [-0.2, 0) is 20.9 Å². The molecule has 1 N–H and O–H groups in total. The molecule has 0 radical (unpaired) electrons. The molecule has 2 rings (SSSR count). The second kappa shape index (κ2) is 6.84. The quantitative estimate of drug-likeness (QED) is 0.807. The number of aryl methyl sites for hydroxylation is 1. The number of carbonyl (C=O) groups is 2. The summed E-state index contributed by atoms with van der Waals surface area (Å²) >= 11 is 0. The molecule has 2 aromatic rings. The maximum absolute atomic E-state index is 12.3. The normalized spacial score (nSPS) is 10.5. The lowest BCUT2D eigenvalue weighted by molar-refractivity contribution is -0.140. The molecule has 0 aliphatic heterocycles. The summed E-state index contributed by atoms with van der Waals surface area (Å²) in [4.78, 5) is 39.3. The Kier molecular flexibility index (Phi) is 4.88. The molecule has 0 fully saturated rings. The van der Waals surface area contributed by atoms with E-state index in [0.717, 1.165) is 5.56 Å². The van der Waals surface area contributed by atoms with Crippen molar-refractivity contribution in [3.63, 3.8) is 0 Å². The summed E-state index contributed by atoms with van der Waals surface area (Å²) in [6.45, 7) is 1.90. The van der Waals surface area contributed by atoms with Crippen LogP contribution < -0.4 is 10.9 Å². The Hall–Kier alpha value is -2.70. The smallest absolute Gasteiger partial charge is 0.307 e. The molecule has 0 atom stereocenters. The number of rotatable bonds is 5. The van der Waals surface area contributed by atoms with Crippen molar-refractivity contribution in [2.24, 2.45) is 0 Å². The van der Waals surface area contributed by atoms with Gasteiger partial charge >= 0.3 is 5.97 Å². The number of nitrogens with zero attached hydrogens (tertiary/aromatic N) is 2. The molecule has 1 aromatic carbocycles. The Morgan fingerprint density at radius 1 is 1.36 bits per heavy atom. The topological polar surface area (TPSA) is 90.3 Å². The standard InChI is InChI=1S/C15H17N3O4/c1-10-4-3-5-11-14(10)17-9-18(15(11)21)8-12(19)16-7-6-13(20)22-2/h3-5,9H,6-8H2,1-2H3,(H,16,19). The number of para-hydroxylation sites is 1. The summed E-state index contributed by atoms with van der Waals surface area (Å²) in [6, 6.07) is 5.34. The molecular weight excluding hydrogens is 286 g/mol. The molecule has 0 aliphatic rings. The van der Waals surface area contributed by atoms with E-state index in [9.17, 15) is 14.4 Å². The van der Waals surface area contributed by atoms with E-state index in [1.807, 2.05) is 13.0 Å². The number of amides is 1. The molecule has 0 saturated carbocycles. The van der Waals surface area contributed by atoms with Gasteiger partial charge in [0.1, 0.15) is 6.54 Å². The van der Waals surface area contributed by atoms with E-state index in [2.05, 4.69) is 15.0 Å². The Labute approximate surface area is 126 Å². The SMILES string of the molecule is COC(=O)CCNC(=O)Cn1cnc2c(C)cccc2c1=O. The largest absolute Gasteiger partial charge is 0.469 e. The van der Waals surface area contributed by atoms with Crippen LogP contribution >= 0.6 is 0 Å². The van der Waals surface area contributed by atoms with Gasteiger partial charge in [0, 0.05) is 6.54 Å². The highest BCUT2D eigenvalue weighted by Gasteiger charge is 2.09. The molecule has 0 aliphatic carbocycles. The summed E-state index contributed by atoms with van der Waals surface area (Å²) in [5, 5.41) is 3.03. The molecule has 1 heterocycles. The lowest BCUT2D eigenvalue weighted by Crippen LogP contribution is -2.33. The molecule has 0 unspecified atom stereocenters. The van der Waals surface area contributed by atoms with Crippen LogP contribution in [0, 0.1) is 6.92 Å². The summed E-state index contributed by atoms with van der Waals surface area (Å²) in [5.41, 5.74) is 1.27. The number of esters is 1. The molecule has 22 heavy (non-hydrogen) atoms. The number of ether oxygens (including phenoxy) is 1. The minimum atomic E-state index is -0.402. The van der Waals surface area contributed by atoms with Crippen molar-refractivity contribution < 1.29 is 14.3 Å². The molecule has 7 heteroatoms. The zero-order valence-electron chi connectivity index (χ0n) is 12.5. The van der Waals surface area contributed by atoms with Gasteiger partial charge in [-0.1, -0.05) is 12.1 Å². The predicted molar refractivity (Wildman–Crippen MR) is 80.4 cm³/mol. The van der Waals surface area contributed by atoms with Gasteiger partial charge in [0.2, 0.25) is 5.91 Å². The number of hydrogen-bond acceptors (Lipinski definition) is 5. The van der Waals surface area contributed by atoms with E-state index in [1.54, 1.807) is 12.1 Å². The third-order valence-electron chi connectivity index (χ3n) is 3.25. The van der Waals surface area contributed by atoms with Gasteiger partial charge in [0.05, 0.1) is 30.8 Å². The van der Waals surface area contributed by atoms with Gasteiger partial charge in [-0.05, 0) is 18.6 Å². The number of benzene rings is 1. The molecule has 0 spiro atoms. The van der Waals surface area contributed by atoms with Crippen molar-refractivity contribution in [3.8, 4) is 0 Å². The number of hydrogen-bond donors (Lipinski definition) is 1. The average molecular weight is 303 g/mol. The van der Waals surface area contributed by atoms with Gasteiger partial charge in [-0.3, -0.25) is 19.0 Å². The molecule has 0 bridgehead atoms. The molecule has 0 saturated heterocycles. The fourth-order valence-electron chi connectivity index (χ4n) is 2.07. The minimum absolute atomic E-state index is 0.0896. The number of methoxy groups -OCH3 is 1. The van der Waals surface area contributed by atoms with Crippen LogP contribution in [0.15, 0.2) is 29.3 Å². The van der Waals surface area contributed by atoms with Crippen molar-refractivity contribution in [2.45, 2.75) is 19.9 Å². The number of nitrogens with one attached hydrogen (secondary N) is 1. The molecule has 7 nitrogen and oxygen atoms in total. The maximum atomic E-state index is 12.3. The van der Waals surface area contributed by atoms with Crippen molar-refractivity contribution in [2.75, 3.05) is 13.7 Å². The second-order valence-electron chi connectivity index (χ2n) is 4.82. The fraction of sp³-hybridized carbons (Fsp3) is 0.333. The second-order valence-corrected chi connectivity index (χ2v) is 4.82.